The van der Waals surface area contributed by atoms with Gasteiger partial charge < -0.3 is 9.47 Å². The van der Waals surface area contributed by atoms with E-state index < -0.39 is 40.1 Å². The highest BCUT2D eigenvalue weighted by Crippen LogP contribution is 2.33. The summed E-state index contributed by atoms with van der Waals surface area (Å²) in [5, 5.41) is 19.6. The maximum atomic E-state index is 12.2. The number of nitro groups is 1. The van der Waals surface area contributed by atoms with Crippen LogP contribution < -0.4 is 4.74 Å². The quantitative estimate of drug-likeness (QED) is 0.470. The van der Waals surface area contributed by atoms with Crippen molar-refractivity contribution in [2.75, 3.05) is 7.11 Å². The Morgan fingerprint density at radius 2 is 2.16 bits per heavy atom. The molecule has 19 heavy (non-hydrogen) atoms. The van der Waals surface area contributed by atoms with Crippen LogP contribution in [-0.4, -0.2) is 24.6 Å². The van der Waals surface area contributed by atoms with Crippen molar-refractivity contribution in [3.8, 4) is 11.8 Å². The molecule has 1 aromatic carbocycles. The number of hydrogen-bond donors (Lipinski definition) is 0. The van der Waals surface area contributed by atoms with Crippen LogP contribution in [0.1, 0.15) is 15.9 Å². The molecule has 0 heterocycles. The molecular weight excluding hydrogens is 266 g/mol. The van der Waals surface area contributed by atoms with Gasteiger partial charge in [-0.25, -0.2) is 4.79 Å². The molecule has 0 N–H and O–H groups in total. The van der Waals surface area contributed by atoms with Crippen LogP contribution in [-0.2, 0) is 4.74 Å². The highest BCUT2D eigenvalue weighted by Gasteiger charge is 2.31. The summed E-state index contributed by atoms with van der Waals surface area (Å²) in [5.74, 6) is -1.98. The maximum Gasteiger partial charge on any atom is 0.387 e. The Labute approximate surface area is 105 Å². The van der Waals surface area contributed by atoms with E-state index in [1.54, 1.807) is 0 Å². The summed E-state index contributed by atoms with van der Waals surface area (Å²) in [7, 11) is 0.914. The molecular formula is C10H6F2N2O5. The average molecular weight is 272 g/mol. The van der Waals surface area contributed by atoms with Crippen LogP contribution in [0.5, 0.6) is 5.75 Å². The predicted octanol–water partition coefficient (Wildman–Crippen LogP) is 1.85. The molecule has 0 radical (unpaired) electrons. The summed E-state index contributed by atoms with van der Waals surface area (Å²) in [6.07, 6.45) is 0. The molecule has 0 bridgehead atoms. The van der Waals surface area contributed by atoms with Gasteiger partial charge in [-0.1, -0.05) is 0 Å². The minimum atomic E-state index is -3.28. The van der Waals surface area contributed by atoms with Gasteiger partial charge >= 0.3 is 18.3 Å². The maximum absolute atomic E-state index is 12.2. The van der Waals surface area contributed by atoms with Crippen LogP contribution in [0.3, 0.4) is 0 Å². The molecule has 0 amide bonds. The number of nitriles is 1. The highest BCUT2D eigenvalue weighted by atomic mass is 19.3. The van der Waals surface area contributed by atoms with Crippen molar-refractivity contribution in [3.05, 3.63) is 33.4 Å². The number of ether oxygens (including phenoxy) is 2. The number of hydrogen-bond acceptors (Lipinski definition) is 6. The third-order valence-electron chi connectivity index (χ3n) is 2.05. The van der Waals surface area contributed by atoms with Gasteiger partial charge in [-0.3, -0.25) is 10.1 Å². The Bertz CT molecular complexity index is 568. The summed E-state index contributed by atoms with van der Waals surface area (Å²) in [4.78, 5) is 21.3. The van der Waals surface area contributed by atoms with Crippen LogP contribution in [0.15, 0.2) is 12.1 Å². The molecule has 9 heteroatoms. The van der Waals surface area contributed by atoms with E-state index in [1.807, 2.05) is 0 Å². The van der Waals surface area contributed by atoms with Gasteiger partial charge in [-0.15, -0.1) is 0 Å². The number of halogens is 2. The molecule has 0 atom stereocenters. The fourth-order valence-corrected chi connectivity index (χ4v) is 1.35. The van der Waals surface area contributed by atoms with Crippen LogP contribution in [0.2, 0.25) is 0 Å². The van der Waals surface area contributed by atoms with Crippen molar-refractivity contribution in [1.29, 1.82) is 5.26 Å². The molecule has 0 saturated heterocycles. The molecule has 0 aliphatic rings. The standard InChI is InChI=1S/C10H6F2N2O5/c1-18-9(15)7-6(19-10(11)12)3-2-5(4-13)8(7)14(16)17/h2-3,10H,1H3. The Morgan fingerprint density at radius 3 is 2.58 bits per heavy atom. The predicted molar refractivity (Wildman–Crippen MR) is 55.8 cm³/mol. The van der Waals surface area contributed by atoms with Gasteiger partial charge in [0.05, 0.1) is 12.0 Å². The topological polar surface area (TPSA) is 102 Å². The number of rotatable bonds is 4. The Morgan fingerprint density at radius 1 is 1.53 bits per heavy atom. The lowest BCUT2D eigenvalue weighted by Crippen LogP contribution is -2.12. The molecule has 1 aromatic rings. The smallest absolute Gasteiger partial charge is 0.387 e. The zero-order valence-corrected chi connectivity index (χ0v) is 9.42. The Hall–Kier alpha value is -2.76. The van der Waals surface area contributed by atoms with Crippen LogP contribution in [0, 0.1) is 21.4 Å². The van der Waals surface area contributed by atoms with Gasteiger partial charge in [0.25, 0.3) is 0 Å². The first-order valence-corrected chi connectivity index (χ1v) is 4.67. The third kappa shape index (κ3) is 2.92. The minimum Gasteiger partial charge on any atom is -0.465 e. The molecule has 0 saturated carbocycles. The number of alkyl halides is 2. The largest absolute Gasteiger partial charge is 0.465 e. The second kappa shape index (κ2) is 5.72. The Kier molecular flexibility index (Phi) is 4.31. The lowest BCUT2D eigenvalue weighted by Gasteiger charge is -2.10. The van der Waals surface area contributed by atoms with E-state index >= 15 is 0 Å². The number of carbonyl (C=O) groups excluding carboxylic acids is 1. The first-order chi connectivity index (χ1) is 8.92. The van der Waals surface area contributed by atoms with Crippen molar-refractivity contribution in [2.45, 2.75) is 6.61 Å². The molecule has 1 rings (SSSR count). The van der Waals surface area contributed by atoms with Crippen molar-refractivity contribution in [1.82, 2.24) is 0 Å². The lowest BCUT2D eigenvalue weighted by atomic mass is 10.1. The summed E-state index contributed by atoms with van der Waals surface area (Å²) < 4.78 is 32.6. The van der Waals surface area contributed by atoms with Crippen LogP contribution >= 0.6 is 0 Å². The van der Waals surface area contributed by atoms with E-state index in [2.05, 4.69) is 9.47 Å². The van der Waals surface area contributed by atoms with E-state index in [0.717, 1.165) is 19.2 Å². The zero-order chi connectivity index (χ0) is 14.6. The minimum absolute atomic E-state index is 0.466. The summed E-state index contributed by atoms with van der Waals surface area (Å²) in [6, 6.07) is 3.25. The number of nitro benzene ring substituents is 1. The third-order valence-corrected chi connectivity index (χ3v) is 2.05. The molecule has 0 fully saturated rings. The zero-order valence-electron chi connectivity index (χ0n) is 9.42. The monoisotopic (exact) mass is 272 g/mol. The van der Waals surface area contributed by atoms with Gasteiger partial charge in [0, 0.05) is 0 Å². The molecule has 0 unspecified atom stereocenters. The first-order valence-electron chi connectivity index (χ1n) is 4.67. The van der Waals surface area contributed by atoms with E-state index in [0.29, 0.717) is 0 Å². The van der Waals surface area contributed by atoms with Gasteiger partial charge in [-0.2, -0.15) is 14.0 Å². The Balaban J connectivity index is 3.60. The summed E-state index contributed by atoms with van der Waals surface area (Å²) in [5.41, 5.74) is -2.23. The fourth-order valence-electron chi connectivity index (χ4n) is 1.35. The lowest BCUT2D eigenvalue weighted by molar-refractivity contribution is -0.385. The molecule has 7 nitrogen and oxygen atoms in total. The van der Waals surface area contributed by atoms with Crippen molar-refractivity contribution < 1.29 is 28.0 Å². The number of carbonyl (C=O) groups is 1. The van der Waals surface area contributed by atoms with Crippen LogP contribution in [0.4, 0.5) is 14.5 Å². The van der Waals surface area contributed by atoms with Crippen molar-refractivity contribution >= 4 is 11.7 Å². The van der Waals surface area contributed by atoms with E-state index in [4.69, 9.17) is 5.26 Å². The fraction of sp³-hybridized carbons (Fsp3) is 0.200. The van der Waals surface area contributed by atoms with Crippen molar-refractivity contribution in [2.24, 2.45) is 0 Å². The van der Waals surface area contributed by atoms with Gasteiger partial charge in [0.2, 0.25) is 0 Å². The SMILES string of the molecule is COC(=O)c1c(OC(F)F)ccc(C#N)c1[N+](=O)[O-]. The second-order valence-electron chi connectivity index (χ2n) is 3.07. The second-order valence-corrected chi connectivity index (χ2v) is 3.07. The van der Waals surface area contributed by atoms with Gasteiger partial charge in [-0.05, 0) is 12.1 Å². The number of nitrogens with zero attached hydrogens (tertiary/aromatic N) is 2. The average Bonchev–Trinajstić information content (AvgIpc) is 2.36. The molecule has 100 valence electrons. The molecule has 0 aliphatic carbocycles. The molecule has 0 aliphatic heterocycles. The molecule has 0 aromatic heterocycles. The van der Waals surface area contributed by atoms with Gasteiger partial charge in [0.15, 0.2) is 5.56 Å². The summed E-state index contributed by atoms with van der Waals surface area (Å²) >= 11 is 0. The summed E-state index contributed by atoms with van der Waals surface area (Å²) in [6.45, 7) is -3.28. The van der Waals surface area contributed by atoms with Crippen molar-refractivity contribution in [3.63, 3.8) is 0 Å². The van der Waals surface area contributed by atoms with Gasteiger partial charge in [0.1, 0.15) is 17.4 Å². The first kappa shape index (κ1) is 14.3. The van der Waals surface area contributed by atoms with E-state index in [1.165, 1.54) is 6.07 Å². The van der Waals surface area contributed by atoms with E-state index in [-0.39, 0.29) is 0 Å². The molecule has 0 spiro atoms. The number of benzene rings is 1. The highest BCUT2D eigenvalue weighted by molar-refractivity contribution is 5.98. The number of methoxy groups -OCH3 is 1. The van der Waals surface area contributed by atoms with E-state index in [9.17, 15) is 23.7 Å². The normalized spacial score (nSPS) is 9.84. The van der Waals surface area contributed by atoms with Crippen LogP contribution in [0.25, 0.3) is 0 Å². The number of esters is 1.